The molecule has 2 nitrogen and oxygen atoms in total. The molecule has 0 saturated carbocycles. The van der Waals surface area contributed by atoms with Crippen LogP contribution in [0.5, 0.6) is 11.5 Å². The minimum absolute atomic E-state index is 0.615. The van der Waals surface area contributed by atoms with Crippen LogP contribution in [0.15, 0.2) is 224 Å². The number of nitrogens with zero attached hydrogens (tertiary/aromatic N) is 1. The average Bonchev–Trinajstić information content (AvgIpc) is 3.59. The Labute approximate surface area is 343 Å². The van der Waals surface area contributed by atoms with Gasteiger partial charge in [-0.2, -0.15) is 0 Å². The number of anilines is 3. The van der Waals surface area contributed by atoms with Crippen LogP contribution in [-0.4, -0.2) is 0 Å². The van der Waals surface area contributed by atoms with Crippen molar-refractivity contribution in [1.82, 2.24) is 0 Å². The largest absolute Gasteiger partial charge is 0.457 e. The number of rotatable bonds is 5. The molecule has 12 rings (SSSR count). The van der Waals surface area contributed by atoms with Crippen molar-refractivity contribution in [1.29, 1.82) is 0 Å². The zero-order valence-electron chi connectivity index (χ0n) is 32.2. The van der Waals surface area contributed by atoms with E-state index in [4.69, 9.17) is 4.74 Å². The molecule has 10 aromatic rings. The van der Waals surface area contributed by atoms with Gasteiger partial charge in [-0.25, -0.2) is 0 Å². The van der Waals surface area contributed by atoms with Gasteiger partial charge in [-0.05, 0) is 115 Å². The predicted molar refractivity (Wildman–Crippen MR) is 244 cm³/mol. The van der Waals surface area contributed by atoms with E-state index in [1.165, 1.54) is 60.5 Å². The van der Waals surface area contributed by atoms with E-state index in [-0.39, 0.29) is 0 Å². The molecule has 1 atom stereocenters. The summed E-state index contributed by atoms with van der Waals surface area (Å²) in [5.41, 5.74) is 14.7. The molecule has 1 spiro atoms. The Morgan fingerprint density at radius 1 is 0.305 bits per heavy atom. The molecular formula is C57H37NO. The summed E-state index contributed by atoms with van der Waals surface area (Å²) in [5, 5.41) is 4.88. The molecule has 59 heavy (non-hydrogen) atoms. The summed E-state index contributed by atoms with van der Waals surface area (Å²) >= 11 is 0. The van der Waals surface area contributed by atoms with Crippen LogP contribution in [0.4, 0.5) is 17.1 Å². The quantitative estimate of drug-likeness (QED) is 0.174. The summed E-state index contributed by atoms with van der Waals surface area (Å²) in [7, 11) is 0. The number of para-hydroxylation sites is 1. The van der Waals surface area contributed by atoms with Crippen molar-refractivity contribution in [3.63, 3.8) is 0 Å². The van der Waals surface area contributed by atoms with Crippen LogP contribution < -0.4 is 9.64 Å². The van der Waals surface area contributed by atoms with Gasteiger partial charge in [-0.1, -0.05) is 176 Å². The van der Waals surface area contributed by atoms with Gasteiger partial charge in [0.25, 0.3) is 0 Å². The van der Waals surface area contributed by atoms with Crippen LogP contribution >= 0.6 is 0 Å². The fourth-order valence-electron chi connectivity index (χ4n) is 9.87. The fraction of sp³-hybridized carbons (Fsp3) is 0.0175. The lowest BCUT2D eigenvalue weighted by molar-refractivity contribution is 0.436. The molecule has 0 aromatic heterocycles. The number of benzene rings is 10. The third-order valence-electron chi connectivity index (χ3n) is 12.5. The zero-order valence-corrected chi connectivity index (χ0v) is 32.2. The van der Waals surface area contributed by atoms with Crippen molar-refractivity contribution in [2.24, 2.45) is 0 Å². The fourth-order valence-corrected chi connectivity index (χ4v) is 9.87. The molecule has 0 N–H and O–H groups in total. The molecule has 0 fully saturated rings. The monoisotopic (exact) mass is 751 g/mol. The standard InChI is InChI=1S/C57H37NO/c1-2-13-38(14-3-1)40-25-29-44(30-26-40)58(45-31-27-39-15-4-5-17-42(39)35-45)46-32-33-50-49-20-8-9-22-51(49)57(54(50)37-46)52-23-10-11-24-55(52)59-56-36-43(28-34-53(56)57)48-21-12-18-41-16-6-7-19-47(41)48/h1-37H. The number of ether oxygens (including phenoxy) is 1. The molecule has 1 heterocycles. The van der Waals surface area contributed by atoms with Gasteiger partial charge in [0.2, 0.25) is 0 Å². The lowest BCUT2D eigenvalue weighted by Crippen LogP contribution is -2.32. The Balaban J connectivity index is 1.09. The van der Waals surface area contributed by atoms with Crippen molar-refractivity contribution in [2.75, 3.05) is 4.90 Å². The van der Waals surface area contributed by atoms with E-state index < -0.39 is 5.41 Å². The van der Waals surface area contributed by atoms with E-state index >= 15 is 0 Å². The van der Waals surface area contributed by atoms with Crippen molar-refractivity contribution in [3.8, 4) is 44.9 Å². The molecule has 0 saturated heterocycles. The van der Waals surface area contributed by atoms with E-state index in [1.807, 2.05) is 0 Å². The van der Waals surface area contributed by atoms with E-state index in [1.54, 1.807) is 0 Å². The first-order chi connectivity index (χ1) is 29.2. The van der Waals surface area contributed by atoms with Crippen molar-refractivity contribution in [2.45, 2.75) is 5.41 Å². The van der Waals surface area contributed by atoms with Crippen LogP contribution in [-0.2, 0) is 5.41 Å². The number of fused-ring (bicyclic) bond motifs is 11. The average molecular weight is 752 g/mol. The second-order valence-electron chi connectivity index (χ2n) is 15.6. The second-order valence-corrected chi connectivity index (χ2v) is 15.6. The molecule has 0 bridgehead atoms. The molecular weight excluding hydrogens is 715 g/mol. The van der Waals surface area contributed by atoms with E-state index in [0.29, 0.717) is 0 Å². The van der Waals surface area contributed by atoms with Crippen LogP contribution in [0.3, 0.4) is 0 Å². The highest BCUT2D eigenvalue weighted by atomic mass is 16.5. The maximum atomic E-state index is 6.96. The molecule has 10 aromatic carbocycles. The van der Waals surface area contributed by atoms with Gasteiger partial charge in [0.15, 0.2) is 0 Å². The highest BCUT2D eigenvalue weighted by Crippen LogP contribution is 2.63. The Bertz CT molecular complexity index is 3250. The highest BCUT2D eigenvalue weighted by molar-refractivity contribution is 5.98. The van der Waals surface area contributed by atoms with Crippen LogP contribution in [0, 0.1) is 0 Å². The Kier molecular flexibility index (Phi) is 7.48. The summed E-state index contributed by atoms with van der Waals surface area (Å²) in [6, 6.07) is 81.7. The number of hydrogen-bond donors (Lipinski definition) is 0. The third kappa shape index (κ3) is 5.13. The maximum absolute atomic E-state index is 6.96. The SMILES string of the molecule is c1ccc(-c2ccc(N(c3ccc4c(c3)C3(c5ccccc5Oc5cc(-c6cccc7ccccc67)ccc53)c3ccccc3-4)c3ccc4ccccc4c3)cc2)cc1. The molecule has 2 heteroatoms. The molecule has 0 amide bonds. The summed E-state index contributed by atoms with van der Waals surface area (Å²) in [6.45, 7) is 0. The summed E-state index contributed by atoms with van der Waals surface area (Å²) in [6.07, 6.45) is 0. The lowest BCUT2D eigenvalue weighted by Gasteiger charge is -2.40. The molecule has 1 aliphatic heterocycles. The summed E-state index contributed by atoms with van der Waals surface area (Å²) in [5.74, 6) is 1.76. The molecule has 1 aliphatic carbocycles. The Morgan fingerprint density at radius 3 is 1.78 bits per heavy atom. The van der Waals surface area contributed by atoms with Crippen molar-refractivity contribution in [3.05, 3.63) is 247 Å². The maximum Gasteiger partial charge on any atom is 0.132 e. The molecule has 1 unspecified atom stereocenters. The van der Waals surface area contributed by atoms with Crippen LogP contribution in [0.1, 0.15) is 22.3 Å². The van der Waals surface area contributed by atoms with Gasteiger partial charge in [-0.15, -0.1) is 0 Å². The lowest BCUT2D eigenvalue weighted by atomic mass is 9.66. The summed E-state index contributed by atoms with van der Waals surface area (Å²) < 4.78 is 6.96. The van der Waals surface area contributed by atoms with Gasteiger partial charge < -0.3 is 9.64 Å². The first kappa shape index (κ1) is 33.5. The van der Waals surface area contributed by atoms with Crippen LogP contribution in [0.2, 0.25) is 0 Å². The van der Waals surface area contributed by atoms with Crippen molar-refractivity contribution >= 4 is 38.6 Å². The van der Waals surface area contributed by atoms with Gasteiger partial charge in [0.1, 0.15) is 11.5 Å². The highest BCUT2D eigenvalue weighted by Gasteiger charge is 2.51. The predicted octanol–water partition coefficient (Wildman–Crippen LogP) is 15.3. The molecule has 276 valence electrons. The Hall–Kier alpha value is -7.68. The minimum atomic E-state index is -0.615. The smallest absolute Gasteiger partial charge is 0.132 e. The normalized spacial score (nSPS) is 14.6. The second kappa shape index (κ2) is 13.2. The molecule has 2 aliphatic rings. The first-order valence-corrected chi connectivity index (χ1v) is 20.3. The summed E-state index contributed by atoms with van der Waals surface area (Å²) in [4.78, 5) is 2.41. The molecule has 0 radical (unpaired) electrons. The van der Waals surface area contributed by atoms with E-state index in [0.717, 1.165) is 45.3 Å². The van der Waals surface area contributed by atoms with Gasteiger partial charge in [0.05, 0.1) is 5.41 Å². The third-order valence-corrected chi connectivity index (χ3v) is 12.5. The van der Waals surface area contributed by atoms with E-state index in [2.05, 4.69) is 229 Å². The van der Waals surface area contributed by atoms with Crippen molar-refractivity contribution < 1.29 is 4.74 Å². The first-order valence-electron chi connectivity index (χ1n) is 20.3. The number of hydrogen-bond acceptors (Lipinski definition) is 2. The Morgan fingerprint density at radius 2 is 0.898 bits per heavy atom. The van der Waals surface area contributed by atoms with Gasteiger partial charge in [-0.3, -0.25) is 0 Å². The van der Waals surface area contributed by atoms with Crippen LogP contribution in [0.25, 0.3) is 54.9 Å². The topological polar surface area (TPSA) is 12.5 Å². The zero-order chi connectivity index (χ0) is 38.9. The van der Waals surface area contributed by atoms with Gasteiger partial charge in [0, 0.05) is 28.2 Å². The van der Waals surface area contributed by atoms with Gasteiger partial charge >= 0.3 is 0 Å². The minimum Gasteiger partial charge on any atom is -0.457 e. The van der Waals surface area contributed by atoms with E-state index in [9.17, 15) is 0 Å².